The lowest BCUT2D eigenvalue weighted by Crippen LogP contribution is -2.41. The summed E-state index contributed by atoms with van der Waals surface area (Å²) in [6, 6.07) is 8.13. The predicted molar refractivity (Wildman–Crippen MR) is 134 cm³/mol. The molecule has 2 bridgehead atoms. The molecule has 1 aromatic carbocycles. The molecule has 2 amide bonds. The lowest BCUT2D eigenvalue weighted by atomic mass is 9.74. The van der Waals surface area contributed by atoms with E-state index in [2.05, 4.69) is 22.2 Å². The first-order chi connectivity index (χ1) is 17.5. The molecular formula is C29H37N3O4. The van der Waals surface area contributed by atoms with Crippen molar-refractivity contribution >= 4 is 22.8 Å². The molecule has 5 fully saturated rings. The van der Waals surface area contributed by atoms with Gasteiger partial charge in [0.2, 0.25) is 11.8 Å². The Kier molecular flexibility index (Phi) is 5.51. The Morgan fingerprint density at radius 3 is 2.44 bits per heavy atom. The first kappa shape index (κ1) is 22.9. The molecule has 6 unspecified atom stereocenters. The summed E-state index contributed by atoms with van der Waals surface area (Å²) in [5.74, 6) is 1.30. The number of fused-ring (bicyclic) bond motifs is 6. The van der Waals surface area contributed by atoms with E-state index in [1.54, 1.807) is 4.90 Å². The molecule has 7 nitrogen and oxygen atoms in total. The number of hydrogen-bond acceptors (Lipinski definition) is 6. The van der Waals surface area contributed by atoms with E-state index in [0.717, 1.165) is 62.0 Å². The summed E-state index contributed by atoms with van der Waals surface area (Å²) in [5.41, 5.74) is 1.98. The third kappa shape index (κ3) is 3.42. The Morgan fingerprint density at radius 1 is 0.972 bits per heavy atom. The number of rotatable bonds is 5. The maximum Gasteiger partial charge on any atom is 0.233 e. The molecular weight excluding hydrogens is 454 g/mol. The van der Waals surface area contributed by atoms with Crippen LogP contribution in [0.2, 0.25) is 0 Å². The number of amides is 2. The number of aliphatic hydroxyl groups excluding tert-OH is 1. The quantitative estimate of drug-likeness (QED) is 0.643. The number of piperidine rings is 1. The molecule has 3 heterocycles. The Balaban J connectivity index is 0.976. The van der Waals surface area contributed by atoms with Crippen LogP contribution in [-0.4, -0.2) is 64.2 Å². The molecule has 2 aromatic rings. The third-order valence-corrected chi connectivity index (χ3v) is 10.7. The third-order valence-electron chi connectivity index (χ3n) is 10.7. The van der Waals surface area contributed by atoms with Gasteiger partial charge in [-0.3, -0.25) is 14.5 Å². The summed E-state index contributed by atoms with van der Waals surface area (Å²) < 4.78 is 5.55. The van der Waals surface area contributed by atoms with Crippen molar-refractivity contribution in [3.63, 3.8) is 0 Å². The van der Waals surface area contributed by atoms with Gasteiger partial charge in [0.25, 0.3) is 0 Å². The van der Waals surface area contributed by atoms with Gasteiger partial charge in [0, 0.05) is 24.4 Å². The second-order valence-electron chi connectivity index (χ2n) is 12.3. The summed E-state index contributed by atoms with van der Waals surface area (Å²) in [6.07, 6.45) is 6.06. The minimum atomic E-state index is -0.426. The normalized spacial score (nSPS) is 39.1. The number of likely N-dealkylation sites (tertiary alicyclic amines) is 2. The van der Waals surface area contributed by atoms with Crippen LogP contribution >= 0.6 is 0 Å². The lowest BCUT2D eigenvalue weighted by molar-refractivity contribution is -0.141. The van der Waals surface area contributed by atoms with Crippen molar-refractivity contribution < 1.29 is 19.2 Å². The van der Waals surface area contributed by atoms with Crippen molar-refractivity contribution in [2.24, 2.45) is 41.4 Å². The lowest BCUT2D eigenvalue weighted by Gasteiger charge is -2.35. The first-order valence-corrected chi connectivity index (χ1v) is 14.1. The monoisotopic (exact) mass is 491 g/mol. The molecule has 2 saturated heterocycles. The molecule has 3 aliphatic carbocycles. The Bertz CT molecular complexity index is 1140. The second-order valence-corrected chi connectivity index (χ2v) is 12.3. The SMILES string of the molecule is CC1C(O)C2CC1C1C(=O)N(C[C@H]3CCC[C@@H]3CN3CCC(c4noc5ccccc45)CC3)C(=O)C21. The average Bonchev–Trinajstić information content (AvgIpc) is 3.69. The van der Waals surface area contributed by atoms with Gasteiger partial charge in [0.1, 0.15) is 0 Å². The van der Waals surface area contributed by atoms with Gasteiger partial charge in [-0.2, -0.15) is 0 Å². The van der Waals surface area contributed by atoms with Gasteiger partial charge < -0.3 is 14.5 Å². The summed E-state index contributed by atoms with van der Waals surface area (Å²) in [6.45, 7) is 5.80. The smallest absolute Gasteiger partial charge is 0.233 e. The number of aliphatic hydroxyl groups is 1. The van der Waals surface area contributed by atoms with E-state index in [0.29, 0.717) is 24.3 Å². The van der Waals surface area contributed by atoms with E-state index in [4.69, 9.17) is 4.52 Å². The van der Waals surface area contributed by atoms with Gasteiger partial charge in [-0.15, -0.1) is 0 Å². The summed E-state index contributed by atoms with van der Waals surface area (Å²) >= 11 is 0. The van der Waals surface area contributed by atoms with E-state index in [9.17, 15) is 14.7 Å². The Morgan fingerprint density at radius 2 is 1.67 bits per heavy atom. The van der Waals surface area contributed by atoms with Crippen LogP contribution in [0, 0.1) is 41.4 Å². The first-order valence-electron chi connectivity index (χ1n) is 14.1. The maximum atomic E-state index is 13.4. The van der Waals surface area contributed by atoms with Crippen molar-refractivity contribution in [2.75, 3.05) is 26.2 Å². The molecule has 192 valence electrons. The molecule has 2 aliphatic heterocycles. The van der Waals surface area contributed by atoms with Crippen molar-refractivity contribution in [3.8, 4) is 0 Å². The fourth-order valence-corrected chi connectivity index (χ4v) is 8.75. The molecule has 1 N–H and O–H groups in total. The number of benzene rings is 1. The number of carbonyl (C=O) groups excluding carboxylic acids is 2. The molecule has 8 atom stereocenters. The van der Waals surface area contributed by atoms with Gasteiger partial charge >= 0.3 is 0 Å². The highest BCUT2D eigenvalue weighted by Crippen LogP contribution is 2.58. The van der Waals surface area contributed by atoms with Gasteiger partial charge in [-0.1, -0.05) is 30.6 Å². The zero-order chi connectivity index (χ0) is 24.6. The molecule has 7 rings (SSSR count). The van der Waals surface area contributed by atoms with Crippen LogP contribution < -0.4 is 0 Å². The Hall–Kier alpha value is -2.25. The number of para-hydroxylation sites is 1. The van der Waals surface area contributed by atoms with Crippen LogP contribution in [0.15, 0.2) is 28.8 Å². The van der Waals surface area contributed by atoms with Crippen LogP contribution in [0.25, 0.3) is 11.0 Å². The van der Waals surface area contributed by atoms with Gasteiger partial charge in [-0.25, -0.2) is 0 Å². The van der Waals surface area contributed by atoms with Crippen LogP contribution in [0.3, 0.4) is 0 Å². The maximum absolute atomic E-state index is 13.4. The minimum absolute atomic E-state index is 0.00903. The van der Waals surface area contributed by atoms with Gasteiger partial charge in [0.05, 0.1) is 23.6 Å². The van der Waals surface area contributed by atoms with E-state index in [1.165, 1.54) is 12.8 Å². The predicted octanol–water partition coefficient (Wildman–Crippen LogP) is 3.67. The van der Waals surface area contributed by atoms with E-state index in [-0.39, 0.29) is 41.4 Å². The number of hydrogen-bond donors (Lipinski definition) is 1. The molecule has 3 saturated carbocycles. The average molecular weight is 492 g/mol. The van der Waals surface area contributed by atoms with Crippen molar-refractivity contribution in [1.29, 1.82) is 0 Å². The topological polar surface area (TPSA) is 86.9 Å². The Labute approximate surface area is 212 Å². The number of aromatic nitrogens is 1. The number of nitrogens with zero attached hydrogens (tertiary/aromatic N) is 3. The molecule has 5 aliphatic rings. The highest BCUT2D eigenvalue weighted by Gasteiger charge is 2.66. The summed E-state index contributed by atoms with van der Waals surface area (Å²) in [4.78, 5) is 30.9. The van der Waals surface area contributed by atoms with Gasteiger partial charge in [-0.05, 0) is 86.9 Å². The molecule has 36 heavy (non-hydrogen) atoms. The highest BCUT2D eigenvalue weighted by atomic mass is 16.5. The fourth-order valence-electron chi connectivity index (χ4n) is 8.75. The molecule has 1 aromatic heterocycles. The van der Waals surface area contributed by atoms with Crippen LogP contribution in [0.4, 0.5) is 0 Å². The summed E-state index contributed by atoms with van der Waals surface area (Å²) in [7, 11) is 0. The fraction of sp³-hybridized carbons (Fsp3) is 0.690. The second kappa shape index (κ2) is 8.66. The number of carbonyl (C=O) groups is 2. The largest absolute Gasteiger partial charge is 0.393 e. The summed E-state index contributed by atoms with van der Waals surface area (Å²) in [5, 5.41) is 16.1. The van der Waals surface area contributed by atoms with Crippen LogP contribution in [-0.2, 0) is 9.59 Å². The molecule has 0 radical (unpaired) electrons. The van der Waals surface area contributed by atoms with E-state index < -0.39 is 6.10 Å². The highest BCUT2D eigenvalue weighted by molar-refractivity contribution is 6.06. The van der Waals surface area contributed by atoms with E-state index >= 15 is 0 Å². The number of imide groups is 1. The minimum Gasteiger partial charge on any atom is -0.393 e. The molecule has 7 heteroatoms. The zero-order valence-electron chi connectivity index (χ0n) is 21.1. The van der Waals surface area contributed by atoms with Crippen LogP contribution in [0.5, 0.6) is 0 Å². The van der Waals surface area contributed by atoms with Crippen molar-refractivity contribution in [3.05, 3.63) is 30.0 Å². The standard InChI is InChI=1S/C29H37N3O4/c1-16-21-13-22(27(16)33)25-24(21)28(34)32(29(25)35)15-19-6-4-5-18(19)14-31-11-9-17(10-12-31)26-20-7-2-3-8-23(20)36-30-26/h2-3,7-8,16-19,21-22,24-25,27,33H,4-6,9-15H2,1H3/t16?,18-,19-,21?,22?,24?,25?,27?/m1/s1. The zero-order valence-corrected chi connectivity index (χ0v) is 21.1. The van der Waals surface area contributed by atoms with Gasteiger partial charge in [0.15, 0.2) is 5.58 Å². The molecule has 0 spiro atoms. The van der Waals surface area contributed by atoms with E-state index in [1.807, 2.05) is 19.1 Å². The van der Waals surface area contributed by atoms with Crippen molar-refractivity contribution in [1.82, 2.24) is 15.0 Å². The van der Waals surface area contributed by atoms with Crippen LogP contribution in [0.1, 0.15) is 57.1 Å². The van der Waals surface area contributed by atoms with Crippen molar-refractivity contribution in [2.45, 2.75) is 57.5 Å².